The van der Waals surface area contributed by atoms with Crippen LogP contribution in [0, 0.1) is 6.92 Å². The van der Waals surface area contributed by atoms with E-state index in [9.17, 15) is 4.79 Å². The zero-order chi connectivity index (χ0) is 22.1. The second kappa shape index (κ2) is 8.07. The number of nitrogens with zero attached hydrogens (tertiary/aromatic N) is 3. The standard InChI is InChI=1S/C20H27N7O3/c1-11-6-15(23-10-20(2,3)22)27-19(24-11)16(17(21)28)18(26-27)25-12-7-13(29-4)9-14(8-12)30-5/h6-9,23H,10,22H2,1-5H3,(H2,21,28)(H,25,26). The van der Waals surface area contributed by atoms with Gasteiger partial charge in [0.05, 0.1) is 14.2 Å². The summed E-state index contributed by atoms with van der Waals surface area (Å²) in [6, 6.07) is 7.08. The van der Waals surface area contributed by atoms with Gasteiger partial charge in [-0.3, -0.25) is 4.79 Å². The molecule has 160 valence electrons. The Hall–Kier alpha value is -3.53. The van der Waals surface area contributed by atoms with Gasteiger partial charge in [-0.1, -0.05) is 0 Å². The van der Waals surface area contributed by atoms with Gasteiger partial charge < -0.3 is 31.6 Å². The molecule has 30 heavy (non-hydrogen) atoms. The first-order valence-electron chi connectivity index (χ1n) is 9.34. The number of benzene rings is 1. The number of ether oxygens (including phenoxy) is 2. The molecule has 0 radical (unpaired) electrons. The zero-order valence-electron chi connectivity index (χ0n) is 17.7. The van der Waals surface area contributed by atoms with Crippen LogP contribution < -0.4 is 31.6 Å². The predicted octanol–water partition coefficient (Wildman–Crippen LogP) is 2.05. The van der Waals surface area contributed by atoms with Gasteiger partial charge in [0.2, 0.25) is 0 Å². The lowest BCUT2D eigenvalue weighted by atomic mass is 10.1. The number of methoxy groups -OCH3 is 2. The molecule has 2 aromatic heterocycles. The van der Waals surface area contributed by atoms with Gasteiger partial charge in [-0.25, -0.2) is 4.98 Å². The Bertz CT molecular complexity index is 1060. The molecule has 0 aliphatic carbocycles. The van der Waals surface area contributed by atoms with E-state index in [2.05, 4.69) is 20.7 Å². The van der Waals surface area contributed by atoms with E-state index in [4.69, 9.17) is 20.9 Å². The number of amides is 1. The molecule has 0 fully saturated rings. The third-order valence-electron chi connectivity index (χ3n) is 4.30. The summed E-state index contributed by atoms with van der Waals surface area (Å²) in [6.07, 6.45) is 0. The zero-order valence-corrected chi connectivity index (χ0v) is 17.7. The fraction of sp³-hybridized carbons (Fsp3) is 0.350. The van der Waals surface area contributed by atoms with E-state index in [0.29, 0.717) is 40.9 Å². The Morgan fingerprint density at radius 3 is 2.33 bits per heavy atom. The second-order valence-electron chi connectivity index (χ2n) is 7.67. The number of hydrogen-bond donors (Lipinski definition) is 4. The molecule has 0 saturated heterocycles. The maximum absolute atomic E-state index is 12.3. The summed E-state index contributed by atoms with van der Waals surface area (Å²) in [5.41, 5.74) is 13.2. The van der Waals surface area contributed by atoms with Crippen molar-refractivity contribution in [2.45, 2.75) is 26.3 Å². The Kier molecular flexibility index (Phi) is 5.70. The van der Waals surface area contributed by atoms with Crippen molar-refractivity contribution >= 4 is 28.9 Å². The van der Waals surface area contributed by atoms with Crippen molar-refractivity contribution < 1.29 is 14.3 Å². The quantitative estimate of drug-likeness (QED) is 0.439. The Labute approximate surface area is 174 Å². The maximum Gasteiger partial charge on any atom is 0.256 e. The average Bonchev–Trinajstić information content (AvgIpc) is 3.02. The van der Waals surface area contributed by atoms with Gasteiger partial charge in [0.25, 0.3) is 5.91 Å². The lowest BCUT2D eigenvalue weighted by Gasteiger charge is -2.20. The number of aryl methyl sites for hydroxylation is 1. The number of anilines is 3. The minimum absolute atomic E-state index is 0.176. The lowest BCUT2D eigenvalue weighted by Crippen LogP contribution is -2.40. The molecule has 2 heterocycles. The molecule has 0 aliphatic heterocycles. The highest BCUT2D eigenvalue weighted by Crippen LogP contribution is 2.30. The minimum Gasteiger partial charge on any atom is -0.497 e. The number of carbonyl (C=O) groups is 1. The smallest absolute Gasteiger partial charge is 0.256 e. The van der Waals surface area contributed by atoms with Crippen LogP contribution in [0.2, 0.25) is 0 Å². The van der Waals surface area contributed by atoms with E-state index in [1.807, 2.05) is 26.8 Å². The Morgan fingerprint density at radius 1 is 1.17 bits per heavy atom. The fourth-order valence-electron chi connectivity index (χ4n) is 2.91. The number of primary amides is 1. The first-order valence-corrected chi connectivity index (χ1v) is 9.34. The second-order valence-corrected chi connectivity index (χ2v) is 7.67. The van der Waals surface area contributed by atoms with Crippen LogP contribution in [0.4, 0.5) is 17.3 Å². The van der Waals surface area contributed by atoms with E-state index >= 15 is 0 Å². The minimum atomic E-state index is -0.648. The number of fused-ring (bicyclic) bond motifs is 1. The fourth-order valence-corrected chi connectivity index (χ4v) is 2.91. The van der Waals surface area contributed by atoms with E-state index < -0.39 is 11.4 Å². The topological polar surface area (TPSA) is 142 Å². The molecule has 0 atom stereocenters. The first-order chi connectivity index (χ1) is 14.1. The molecule has 0 spiro atoms. The summed E-state index contributed by atoms with van der Waals surface area (Å²) in [7, 11) is 3.11. The molecule has 3 aromatic rings. The van der Waals surface area contributed by atoms with Crippen molar-refractivity contribution in [2.75, 3.05) is 31.4 Å². The van der Waals surface area contributed by atoms with Crippen LogP contribution in [0.15, 0.2) is 24.3 Å². The number of nitrogens with two attached hydrogens (primary N) is 2. The van der Waals surface area contributed by atoms with E-state index in [-0.39, 0.29) is 11.4 Å². The predicted molar refractivity (Wildman–Crippen MR) is 116 cm³/mol. The molecule has 10 nitrogen and oxygen atoms in total. The van der Waals surface area contributed by atoms with Crippen LogP contribution >= 0.6 is 0 Å². The van der Waals surface area contributed by atoms with Crippen LogP contribution in [0.3, 0.4) is 0 Å². The van der Waals surface area contributed by atoms with Gasteiger partial charge in [-0.2, -0.15) is 4.52 Å². The van der Waals surface area contributed by atoms with Gasteiger partial charge >= 0.3 is 0 Å². The van der Waals surface area contributed by atoms with Crippen LogP contribution in [0.25, 0.3) is 5.65 Å². The van der Waals surface area contributed by atoms with Crippen LogP contribution in [0.1, 0.15) is 29.9 Å². The van der Waals surface area contributed by atoms with E-state index in [0.717, 1.165) is 0 Å². The summed E-state index contributed by atoms with van der Waals surface area (Å²) in [6.45, 7) is 6.14. The Morgan fingerprint density at radius 2 is 1.80 bits per heavy atom. The highest BCUT2D eigenvalue weighted by Gasteiger charge is 2.22. The highest BCUT2D eigenvalue weighted by atomic mass is 16.5. The largest absolute Gasteiger partial charge is 0.497 e. The van der Waals surface area contributed by atoms with Gasteiger partial charge in [0, 0.05) is 47.7 Å². The van der Waals surface area contributed by atoms with Crippen molar-refractivity contribution in [2.24, 2.45) is 11.5 Å². The summed E-state index contributed by atoms with van der Waals surface area (Å²) in [4.78, 5) is 16.7. The van der Waals surface area contributed by atoms with E-state index in [1.54, 1.807) is 36.9 Å². The molecule has 1 aromatic carbocycles. The third kappa shape index (κ3) is 4.54. The molecule has 0 bridgehead atoms. The molecule has 3 rings (SSSR count). The number of aromatic nitrogens is 3. The van der Waals surface area contributed by atoms with Crippen molar-refractivity contribution in [3.05, 3.63) is 35.5 Å². The number of carbonyl (C=O) groups excluding carboxylic acids is 1. The molecular weight excluding hydrogens is 386 g/mol. The summed E-state index contributed by atoms with van der Waals surface area (Å²) in [5.74, 6) is 1.44. The molecule has 0 saturated carbocycles. The number of hydrogen-bond acceptors (Lipinski definition) is 8. The molecular formula is C20H27N7O3. The lowest BCUT2D eigenvalue weighted by molar-refractivity contribution is 0.100. The first kappa shape index (κ1) is 21.2. The van der Waals surface area contributed by atoms with Gasteiger partial charge in [-0.05, 0) is 20.8 Å². The number of nitrogens with one attached hydrogen (secondary N) is 2. The van der Waals surface area contributed by atoms with Crippen molar-refractivity contribution in [1.82, 2.24) is 14.6 Å². The van der Waals surface area contributed by atoms with Gasteiger partial charge in [0.15, 0.2) is 11.5 Å². The Balaban J connectivity index is 2.11. The third-order valence-corrected chi connectivity index (χ3v) is 4.30. The monoisotopic (exact) mass is 413 g/mol. The van der Waals surface area contributed by atoms with Crippen LogP contribution in [0.5, 0.6) is 11.5 Å². The van der Waals surface area contributed by atoms with Crippen molar-refractivity contribution in [1.29, 1.82) is 0 Å². The van der Waals surface area contributed by atoms with Gasteiger partial charge in [-0.15, -0.1) is 5.10 Å². The highest BCUT2D eigenvalue weighted by molar-refractivity contribution is 6.04. The van der Waals surface area contributed by atoms with Crippen molar-refractivity contribution in [3.63, 3.8) is 0 Å². The number of rotatable bonds is 8. The van der Waals surface area contributed by atoms with Crippen LogP contribution in [-0.4, -0.2) is 46.8 Å². The van der Waals surface area contributed by atoms with Crippen molar-refractivity contribution in [3.8, 4) is 11.5 Å². The molecule has 10 heteroatoms. The average molecular weight is 413 g/mol. The summed E-state index contributed by atoms with van der Waals surface area (Å²) >= 11 is 0. The normalized spacial score (nSPS) is 11.4. The molecule has 1 amide bonds. The summed E-state index contributed by atoms with van der Waals surface area (Å²) in [5, 5.41) is 10.9. The SMILES string of the molecule is COc1cc(Nc2nn3c(NCC(C)(C)N)cc(C)nc3c2C(N)=O)cc(OC)c1. The molecule has 0 unspecified atom stereocenters. The molecule has 6 N–H and O–H groups in total. The van der Waals surface area contributed by atoms with Gasteiger partial charge in [0.1, 0.15) is 22.9 Å². The van der Waals surface area contributed by atoms with Crippen LogP contribution in [-0.2, 0) is 0 Å². The molecule has 0 aliphatic rings. The maximum atomic E-state index is 12.3. The summed E-state index contributed by atoms with van der Waals surface area (Å²) < 4.78 is 12.1. The van der Waals surface area contributed by atoms with E-state index in [1.165, 1.54) is 0 Å².